The maximum absolute atomic E-state index is 11.6. The molecule has 2 aromatic rings. The van der Waals surface area contributed by atoms with Gasteiger partial charge in [-0.15, -0.1) is 0 Å². The van der Waals surface area contributed by atoms with Crippen molar-refractivity contribution in [3.05, 3.63) is 64.1 Å². The van der Waals surface area contributed by atoms with Gasteiger partial charge in [-0.2, -0.15) is 0 Å². The van der Waals surface area contributed by atoms with Gasteiger partial charge in [-0.05, 0) is 17.7 Å². The van der Waals surface area contributed by atoms with Gasteiger partial charge < -0.3 is 9.57 Å². The van der Waals surface area contributed by atoms with Gasteiger partial charge in [-0.3, -0.25) is 4.79 Å². The predicted molar refractivity (Wildman–Crippen MR) is 87.3 cm³/mol. The van der Waals surface area contributed by atoms with Gasteiger partial charge in [0.1, 0.15) is 5.69 Å². The highest BCUT2D eigenvalue weighted by atomic mass is 35.5. The van der Waals surface area contributed by atoms with Gasteiger partial charge >= 0.3 is 11.9 Å². The van der Waals surface area contributed by atoms with E-state index in [9.17, 15) is 9.59 Å². The summed E-state index contributed by atoms with van der Waals surface area (Å²) in [6.45, 7) is -0.513. The Bertz CT molecular complexity index is 671. The molecular weight excluding hydrogens is 341 g/mol. The third-order valence-corrected chi connectivity index (χ3v) is 3.40. The summed E-state index contributed by atoms with van der Waals surface area (Å²) in [5, 5.41) is 0.595. The average molecular weight is 354 g/mol. The molecule has 0 aliphatic heterocycles. The Hall–Kier alpha value is -2.24. The molecular formula is C16H13Cl2NO4. The molecule has 2 aromatic carbocycles. The van der Waals surface area contributed by atoms with Gasteiger partial charge in [0.05, 0.1) is 16.5 Å². The van der Waals surface area contributed by atoms with E-state index in [1.807, 2.05) is 18.2 Å². The smallest absolute Gasteiger partial charge is 0.369 e. The van der Waals surface area contributed by atoms with E-state index in [4.69, 9.17) is 32.8 Å². The van der Waals surface area contributed by atoms with Crippen molar-refractivity contribution in [3.8, 4) is 0 Å². The molecule has 0 aliphatic carbocycles. The van der Waals surface area contributed by atoms with Gasteiger partial charge in [0.2, 0.25) is 0 Å². The molecule has 120 valence electrons. The fourth-order valence-electron chi connectivity index (χ4n) is 1.69. The number of benzene rings is 2. The van der Waals surface area contributed by atoms with Crippen LogP contribution in [0.3, 0.4) is 0 Å². The molecule has 0 saturated heterocycles. The van der Waals surface area contributed by atoms with Crippen LogP contribution in [0.2, 0.25) is 10.0 Å². The summed E-state index contributed by atoms with van der Waals surface area (Å²) in [4.78, 5) is 27.9. The van der Waals surface area contributed by atoms with E-state index >= 15 is 0 Å². The Morgan fingerprint density at radius 1 is 0.913 bits per heavy atom. The highest BCUT2D eigenvalue weighted by molar-refractivity contribution is 6.39. The molecule has 0 unspecified atom stereocenters. The molecule has 0 fully saturated rings. The van der Waals surface area contributed by atoms with E-state index in [0.717, 1.165) is 5.56 Å². The molecule has 0 bridgehead atoms. The first-order valence-corrected chi connectivity index (χ1v) is 7.41. The molecule has 0 aromatic heterocycles. The van der Waals surface area contributed by atoms with Crippen molar-refractivity contribution in [3.63, 3.8) is 0 Å². The highest BCUT2D eigenvalue weighted by Gasteiger charge is 2.12. The third-order valence-electron chi connectivity index (χ3n) is 2.77. The van der Waals surface area contributed by atoms with Crippen LogP contribution >= 0.6 is 23.2 Å². The quantitative estimate of drug-likeness (QED) is 0.634. The summed E-state index contributed by atoms with van der Waals surface area (Å²) in [5.74, 6) is -1.30. The number of ether oxygens (including phenoxy) is 1. The maximum Gasteiger partial charge on any atom is 0.369 e. The second-order valence-electron chi connectivity index (χ2n) is 4.50. The molecule has 7 heteroatoms. The topological polar surface area (TPSA) is 64.6 Å². The summed E-state index contributed by atoms with van der Waals surface area (Å²) in [6.07, 6.45) is 0.0812. The molecule has 5 nitrogen and oxygen atoms in total. The minimum absolute atomic E-state index is 0.0812. The molecule has 2 rings (SSSR count). The van der Waals surface area contributed by atoms with Crippen molar-refractivity contribution in [2.75, 3.05) is 12.1 Å². The maximum atomic E-state index is 11.6. The first-order valence-electron chi connectivity index (χ1n) is 6.65. The summed E-state index contributed by atoms with van der Waals surface area (Å²) < 4.78 is 4.84. The lowest BCUT2D eigenvalue weighted by Crippen LogP contribution is -2.20. The van der Waals surface area contributed by atoms with Crippen molar-refractivity contribution in [2.24, 2.45) is 0 Å². The van der Waals surface area contributed by atoms with Gasteiger partial charge in [-0.25, -0.2) is 10.3 Å². The van der Waals surface area contributed by atoms with Gasteiger partial charge in [-0.1, -0.05) is 59.6 Å². The molecule has 0 amide bonds. The number of hydrogen-bond acceptors (Lipinski definition) is 5. The first kappa shape index (κ1) is 17.1. The Kier molecular flexibility index (Phi) is 6.26. The van der Waals surface area contributed by atoms with Crippen molar-refractivity contribution >= 4 is 40.8 Å². The summed E-state index contributed by atoms with van der Waals surface area (Å²) in [5.41, 5.74) is 3.41. The molecule has 0 saturated carbocycles. The Morgan fingerprint density at radius 2 is 1.57 bits per heavy atom. The zero-order valence-corrected chi connectivity index (χ0v) is 13.4. The van der Waals surface area contributed by atoms with Crippen molar-refractivity contribution in [1.82, 2.24) is 0 Å². The first-order chi connectivity index (χ1) is 11.1. The number of halogens is 2. The lowest BCUT2D eigenvalue weighted by Gasteiger charge is -2.10. The van der Waals surface area contributed by atoms with E-state index in [0.29, 0.717) is 10.0 Å². The molecule has 0 heterocycles. The van der Waals surface area contributed by atoms with Crippen LogP contribution in [0.1, 0.15) is 5.56 Å². The van der Waals surface area contributed by atoms with Crippen LogP contribution in [-0.2, 0) is 25.6 Å². The summed E-state index contributed by atoms with van der Waals surface area (Å²) in [7, 11) is 0. The fraction of sp³-hybridized carbons (Fsp3) is 0.125. The second kappa shape index (κ2) is 8.41. The number of hydrogen-bond donors (Lipinski definition) is 1. The molecule has 1 N–H and O–H groups in total. The largest absolute Gasteiger partial charge is 0.453 e. The minimum Gasteiger partial charge on any atom is -0.453 e. The van der Waals surface area contributed by atoms with E-state index in [1.165, 1.54) is 0 Å². The van der Waals surface area contributed by atoms with Crippen LogP contribution in [-0.4, -0.2) is 18.5 Å². The number of carbonyl (C=O) groups is 2. The number of rotatable bonds is 6. The molecule has 0 aliphatic rings. The number of esters is 1. The van der Waals surface area contributed by atoms with Crippen LogP contribution in [0.15, 0.2) is 48.5 Å². The third kappa shape index (κ3) is 5.47. The monoisotopic (exact) mass is 353 g/mol. The normalized spacial score (nSPS) is 10.0. The van der Waals surface area contributed by atoms with Crippen LogP contribution < -0.4 is 5.48 Å². The fourth-order valence-corrected chi connectivity index (χ4v) is 2.16. The van der Waals surface area contributed by atoms with Crippen molar-refractivity contribution in [1.29, 1.82) is 0 Å². The van der Waals surface area contributed by atoms with Gasteiger partial charge in [0.25, 0.3) is 0 Å². The number of nitrogens with one attached hydrogen (secondary N) is 1. The SMILES string of the molecule is O=C(Cc1ccccc1)OCC(=O)ONc1c(Cl)cccc1Cl. The van der Waals surface area contributed by atoms with Crippen LogP contribution in [0.5, 0.6) is 0 Å². The van der Waals surface area contributed by atoms with Crippen LogP contribution in [0.25, 0.3) is 0 Å². The lowest BCUT2D eigenvalue weighted by molar-refractivity contribution is -0.156. The molecule has 0 radical (unpaired) electrons. The predicted octanol–water partition coefficient (Wildman–Crippen LogP) is 3.65. The number of carbonyl (C=O) groups excluding carboxylic acids is 2. The second-order valence-corrected chi connectivity index (χ2v) is 5.31. The summed E-state index contributed by atoms with van der Waals surface area (Å²) >= 11 is 11.8. The Morgan fingerprint density at radius 3 is 2.22 bits per heavy atom. The standard InChI is InChI=1S/C16H13Cl2NO4/c17-12-7-4-8-13(18)16(12)19-23-15(21)10-22-14(20)9-11-5-2-1-3-6-11/h1-8,19H,9-10H2. The van der Waals surface area contributed by atoms with Gasteiger partial charge in [0, 0.05) is 0 Å². The zero-order valence-electron chi connectivity index (χ0n) is 11.9. The Labute approximate surface area is 143 Å². The van der Waals surface area contributed by atoms with Crippen molar-refractivity contribution in [2.45, 2.75) is 6.42 Å². The molecule has 0 atom stereocenters. The highest BCUT2D eigenvalue weighted by Crippen LogP contribution is 2.29. The van der Waals surface area contributed by atoms with E-state index in [-0.39, 0.29) is 12.1 Å². The van der Waals surface area contributed by atoms with Crippen LogP contribution in [0.4, 0.5) is 5.69 Å². The van der Waals surface area contributed by atoms with Crippen molar-refractivity contribution < 1.29 is 19.2 Å². The summed E-state index contributed by atoms with van der Waals surface area (Å²) in [6, 6.07) is 13.9. The molecule has 23 heavy (non-hydrogen) atoms. The number of para-hydroxylation sites is 1. The van der Waals surface area contributed by atoms with E-state index in [2.05, 4.69) is 5.48 Å². The van der Waals surface area contributed by atoms with Crippen LogP contribution in [0, 0.1) is 0 Å². The Balaban J connectivity index is 1.76. The van der Waals surface area contributed by atoms with E-state index in [1.54, 1.807) is 30.3 Å². The minimum atomic E-state index is -0.776. The molecule has 0 spiro atoms. The zero-order chi connectivity index (χ0) is 16.7. The van der Waals surface area contributed by atoms with E-state index < -0.39 is 18.5 Å². The van der Waals surface area contributed by atoms with Gasteiger partial charge in [0.15, 0.2) is 6.61 Å². The lowest BCUT2D eigenvalue weighted by atomic mass is 10.2. The number of anilines is 1. The average Bonchev–Trinajstić information content (AvgIpc) is 2.53.